The summed E-state index contributed by atoms with van der Waals surface area (Å²) in [5.74, 6) is -0.0673. The smallest absolute Gasteiger partial charge is 0.227 e. The summed E-state index contributed by atoms with van der Waals surface area (Å²) < 4.78 is 28.0. The van der Waals surface area contributed by atoms with Gasteiger partial charge < -0.3 is 15.4 Å². The van der Waals surface area contributed by atoms with Crippen LogP contribution in [0.5, 0.6) is 0 Å². The molecule has 0 spiro atoms. The Kier molecular flexibility index (Phi) is 4.24. The van der Waals surface area contributed by atoms with E-state index in [0.717, 1.165) is 6.54 Å². The van der Waals surface area contributed by atoms with Crippen LogP contribution in [0.15, 0.2) is 0 Å². The second-order valence-corrected chi connectivity index (χ2v) is 7.15. The second-order valence-electron chi connectivity index (χ2n) is 4.92. The Morgan fingerprint density at radius 1 is 1.39 bits per heavy atom. The van der Waals surface area contributed by atoms with Crippen LogP contribution in [0.25, 0.3) is 0 Å². The number of nitrogens with one attached hydrogen (secondary N) is 2. The number of hydrogen-bond acceptors (Lipinski definition) is 5. The molecule has 2 fully saturated rings. The molecule has 0 saturated carbocycles. The number of hydrogen-bond donors (Lipinski definition) is 2. The molecule has 2 aliphatic heterocycles. The summed E-state index contributed by atoms with van der Waals surface area (Å²) in [5, 5.41) is 6.04. The van der Waals surface area contributed by atoms with Gasteiger partial charge in [-0.15, -0.1) is 0 Å². The minimum absolute atomic E-state index is 0.0352. The van der Waals surface area contributed by atoms with Crippen LogP contribution < -0.4 is 10.6 Å². The van der Waals surface area contributed by atoms with Crippen molar-refractivity contribution < 1.29 is 17.9 Å². The van der Waals surface area contributed by atoms with Crippen LogP contribution >= 0.6 is 0 Å². The van der Waals surface area contributed by atoms with E-state index in [9.17, 15) is 13.2 Å². The molecule has 0 bridgehead atoms. The van der Waals surface area contributed by atoms with Crippen molar-refractivity contribution in [1.29, 1.82) is 0 Å². The second kappa shape index (κ2) is 5.54. The van der Waals surface area contributed by atoms with Crippen LogP contribution in [0.4, 0.5) is 0 Å². The number of carbonyl (C=O) groups is 1. The molecule has 1 amide bonds. The Morgan fingerprint density at radius 3 is 2.78 bits per heavy atom. The van der Waals surface area contributed by atoms with Crippen molar-refractivity contribution in [2.24, 2.45) is 5.92 Å². The normalized spacial score (nSPS) is 34.6. The molecule has 0 radical (unpaired) electrons. The van der Waals surface area contributed by atoms with Crippen LogP contribution in [-0.4, -0.2) is 57.7 Å². The number of sulfone groups is 1. The zero-order chi connectivity index (χ0) is 13.2. The van der Waals surface area contributed by atoms with Crippen LogP contribution in [0, 0.1) is 5.92 Å². The van der Waals surface area contributed by atoms with Gasteiger partial charge in [0, 0.05) is 12.1 Å². The van der Waals surface area contributed by atoms with Gasteiger partial charge in [0.25, 0.3) is 0 Å². The first-order valence-corrected chi connectivity index (χ1v) is 8.16. The number of amides is 1. The quantitative estimate of drug-likeness (QED) is 0.682. The molecular formula is C11H20N2O4S. The Labute approximate surface area is 107 Å². The lowest BCUT2D eigenvalue weighted by atomic mass is 10.0. The fourth-order valence-electron chi connectivity index (χ4n) is 2.49. The monoisotopic (exact) mass is 276 g/mol. The Hall–Kier alpha value is -0.660. The highest BCUT2D eigenvalue weighted by atomic mass is 32.2. The number of carbonyl (C=O) groups excluding carboxylic acids is 1. The van der Waals surface area contributed by atoms with E-state index < -0.39 is 9.84 Å². The summed E-state index contributed by atoms with van der Waals surface area (Å²) in [6.45, 7) is 3.71. The van der Waals surface area contributed by atoms with Gasteiger partial charge in [-0.1, -0.05) is 6.92 Å². The molecule has 18 heavy (non-hydrogen) atoms. The molecule has 2 saturated heterocycles. The Bertz CT molecular complexity index is 409. The van der Waals surface area contributed by atoms with Crippen molar-refractivity contribution in [3.63, 3.8) is 0 Å². The number of likely N-dealkylation sites (N-methyl/N-ethyl adjacent to an activating group) is 1. The lowest BCUT2D eigenvalue weighted by molar-refractivity contribution is -0.126. The van der Waals surface area contributed by atoms with Gasteiger partial charge in [0.1, 0.15) is 0 Å². The van der Waals surface area contributed by atoms with Crippen molar-refractivity contribution in [3.8, 4) is 0 Å². The lowest BCUT2D eigenvalue weighted by Gasteiger charge is -2.19. The van der Waals surface area contributed by atoms with Gasteiger partial charge in [-0.05, 0) is 13.0 Å². The molecule has 0 aromatic rings. The third-order valence-electron chi connectivity index (χ3n) is 3.46. The first-order valence-electron chi connectivity index (χ1n) is 6.34. The maximum Gasteiger partial charge on any atom is 0.227 e. The highest BCUT2D eigenvalue weighted by molar-refractivity contribution is 7.91. The van der Waals surface area contributed by atoms with Crippen molar-refractivity contribution in [3.05, 3.63) is 0 Å². The van der Waals surface area contributed by atoms with Crippen LogP contribution in [0.3, 0.4) is 0 Å². The van der Waals surface area contributed by atoms with Gasteiger partial charge in [0.2, 0.25) is 5.91 Å². The number of rotatable bonds is 4. The highest BCUT2D eigenvalue weighted by Crippen LogP contribution is 2.16. The average Bonchev–Trinajstić information content (AvgIpc) is 2.86. The van der Waals surface area contributed by atoms with E-state index >= 15 is 0 Å². The fourth-order valence-corrected chi connectivity index (χ4v) is 4.17. The topological polar surface area (TPSA) is 84.5 Å². The molecule has 104 valence electrons. The molecule has 2 aliphatic rings. The van der Waals surface area contributed by atoms with E-state index in [1.54, 1.807) is 0 Å². The van der Waals surface area contributed by atoms with E-state index in [4.69, 9.17) is 4.74 Å². The van der Waals surface area contributed by atoms with E-state index in [-0.39, 0.29) is 35.4 Å². The lowest BCUT2D eigenvalue weighted by Crippen LogP contribution is -2.47. The van der Waals surface area contributed by atoms with Gasteiger partial charge in [0.05, 0.1) is 30.6 Å². The van der Waals surface area contributed by atoms with Crippen molar-refractivity contribution >= 4 is 15.7 Å². The summed E-state index contributed by atoms with van der Waals surface area (Å²) in [7, 11) is -2.95. The minimum atomic E-state index is -2.95. The Morgan fingerprint density at radius 2 is 2.17 bits per heavy atom. The van der Waals surface area contributed by atoms with Crippen molar-refractivity contribution in [1.82, 2.24) is 10.6 Å². The van der Waals surface area contributed by atoms with E-state index in [0.29, 0.717) is 19.6 Å². The van der Waals surface area contributed by atoms with Gasteiger partial charge in [0.15, 0.2) is 9.84 Å². The molecule has 7 heteroatoms. The number of ether oxygens (including phenoxy) is 1. The van der Waals surface area contributed by atoms with E-state index in [2.05, 4.69) is 10.6 Å². The zero-order valence-electron chi connectivity index (χ0n) is 10.5. The highest BCUT2D eigenvalue weighted by Gasteiger charge is 2.36. The Balaban J connectivity index is 1.88. The van der Waals surface area contributed by atoms with Gasteiger partial charge in [-0.25, -0.2) is 8.42 Å². The van der Waals surface area contributed by atoms with Crippen molar-refractivity contribution in [2.75, 3.05) is 31.3 Å². The minimum Gasteiger partial charge on any atom is -0.379 e. The van der Waals surface area contributed by atoms with E-state index in [1.807, 2.05) is 6.92 Å². The first-order chi connectivity index (χ1) is 8.52. The molecule has 2 heterocycles. The third-order valence-corrected chi connectivity index (χ3v) is 5.23. The maximum absolute atomic E-state index is 12.1. The predicted octanol–water partition coefficient (Wildman–Crippen LogP) is -1.09. The van der Waals surface area contributed by atoms with E-state index in [1.165, 1.54) is 0 Å². The fraction of sp³-hybridized carbons (Fsp3) is 0.909. The first kappa shape index (κ1) is 13.8. The molecule has 3 atom stereocenters. The largest absolute Gasteiger partial charge is 0.379 e. The van der Waals surface area contributed by atoms with Gasteiger partial charge >= 0.3 is 0 Å². The summed E-state index contributed by atoms with van der Waals surface area (Å²) in [5.41, 5.74) is 0. The van der Waals surface area contributed by atoms with Crippen LogP contribution in [0.2, 0.25) is 0 Å². The molecule has 3 unspecified atom stereocenters. The van der Waals surface area contributed by atoms with Crippen LogP contribution in [-0.2, 0) is 19.4 Å². The SMILES string of the molecule is CCNC1COCC1C(=O)NC1CCS(=O)(=O)C1. The molecule has 6 nitrogen and oxygen atoms in total. The van der Waals surface area contributed by atoms with Crippen molar-refractivity contribution in [2.45, 2.75) is 25.4 Å². The molecule has 0 aromatic carbocycles. The predicted molar refractivity (Wildman–Crippen MR) is 67.0 cm³/mol. The average molecular weight is 276 g/mol. The molecular weight excluding hydrogens is 256 g/mol. The van der Waals surface area contributed by atoms with Gasteiger partial charge in [-0.2, -0.15) is 0 Å². The molecule has 2 N–H and O–H groups in total. The molecule has 0 aliphatic carbocycles. The van der Waals surface area contributed by atoms with Crippen LogP contribution in [0.1, 0.15) is 13.3 Å². The molecule has 0 aromatic heterocycles. The summed E-state index contributed by atoms with van der Waals surface area (Å²) in [4.78, 5) is 12.1. The summed E-state index contributed by atoms with van der Waals surface area (Å²) in [6, 6.07) is -0.196. The zero-order valence-corrected chi connectivity index (χ0v) is 11.3. The molecule has 2 rings (SSSR count). The third kappa shape index (κ3) is 3.21. The summed E-state index contributed by atoms with van der Waals surface area (Å²) in [6.07, 6.45) is 0.521. The standard InChI is InChI=1S/C11H20N2O4S/c1-2-12-10-6-17-5-9(10)11(14)13-8-3-4-18(15,16)7-8/h8-10,12H,2-7H2,1H3,(H,13,14). The maximum atomic E-state index is 12.1. The van der Waals surface area contributed by atoms with Gasteiger partial charge in [-0.3, -0.25) is 4.79 Å². The summed E-state index contributed by atoms with van der Waals surface area (Å²) >= 11 is 0.